The summed E-state index contributed by atoms with van der Waals surface area (Å²) in [6.45, 7) is 5.21. The molecule has 0 bridgehead atoms. The van der Waals surface area contributed by atoms with E-state index in [1.54, 1.807) is 24.2 Å². The average molecular weight is 558 g/mol. The molecule has 1 atom stereocenters. The van der Waals surface area contributed by atoms with Crippen molar-refractivity contribution in [2.24, 2.45) is 0 Å². The summed E-state index contributed by atoms with van der Waals surface area (Å²) in [6, 6.07) is 3.67. The maximum absolute atomic E-state index is 12.8. The first kappa shape index (κ1) is 23.9. The Hall–Kier alpha value is -1.75. The van der Waals surface area contributed by atoms with Crippen LogP contribution in [0.3, 0.4) is 0 Å². The number of halogens is 1. The van der Waals surface area contributed by atoms with Gasteiger partial charge in [-0.15, -0.1) is 0 Å². The minimum Gasteiger partial charge on any atom is -0.493 e. The van der Waals surface area contributed by atoms with Gasteiger partial charge in [0.15, 0.2) is 11.5 Å². The summed E-state index contributed by atoms with van der Waals surface area (Å²) in [6.07, 6.45) is 5.60. The van der Waals surface area contributed by atoms with E-state index in [-0.39, 0.29) is 18.6 Å². The van der Waals surface area contributed by atoms with E-state index in [2.05, 4.69) is 22.6 Å². The first-order valence-electron chi connectivity index (χ1n) is 10.4. The van der Waals surface area contributed by atoms with E-state index in [9.17, 15) is 14.4 Å². The molecule has 2 saturated heterocycles. The van der Waals surface area contributed by atoms with Crippen LogP contribution in [-0.2, 0) is 9.59 Å². The van der Waals surface area contributed by atoms with E-state index in [4.69, 9.17) is 9.47 Å². The van der Waals surface area contributed by atoms with Crippen molar-refractivity contribution in [1.82, 2.24) is 9.80 Å². The van der Waals surface area contributed by atoms with Crippen LogP contribution in [0.4, 0.5) is 4.79 Å². The predicted molar refractivity (Wildman–Crippen MR) is 129 cm³/mol. The summed E-state index contributed by atoms with van der Waals surface area (Å²) in [4.78, 5) is 40.8. The number of likely N-dealkylation sites (tertiary alicyclic amines) is 1. The Labute approximate surface area is 200 Å². The highest BCUT2D eigenvalue weighted by atomic mass is 127. The third-order valence-corrected chi connectivity index (χ3v) is 7.03. The molecule has 1 aromatic carbocycles. The molecule has 2 aliphatic heterocycles. The van der Waals surface area contributed by atoms with Gasteiger partial charge in [-0.05, 0) is 90.7 Å². The van der Waals surface area contributed by atoms with Gasteiger partial charge < -0.3 is 14.4 Å². The molecule has 3 rings (SSSR count). The molecule has 0 unspecified atom stereocenters. The molecule has 0 spiro atoms. The Balaban J connectivity index is 1.77. The Kier molecular flexibility index (Phi) is 8.26. The number of nitrogens with zero attached hydrogens (tertiary/aromatic N) is 2. The number of hydrogen-bond acceptors (Lipinski definition) is 6. The summed E-state index contributed by atoms with van der Waals surface area (Å²) in [5.74, 6) is 0.619. The average Bonchev–Trinajstić information content (AvgIpc) is 3.02. The molecule has 2 aliphatic rings. The summed E-state index contributed by atoms with van der Waals surface area (Å²) in [5.41, 5.74) is 0.727. The molecule has 31 heavy (non-hydrogen) atoms. The van der Waals surface area contributed by atoms with E-state index >= 15 is 0 Å². The van der Waals surface area contributed by atoms with Gasteiger partial charge in [-0.2, -0.15) is 0 Å². The fourth-order valence-corrected chi connectivity index (χ4v) is 4.98. The molecule has 0 N–H and O–H groups in total. The van der Waals surface area contributed by atoms with Crippen molar-refractivity contribution < 1.29 is 23.9 Å². The number of carbonyl (C=O) groups excluding carboxylic acids is 3. The van der Waals surface area contributed by atoms with Gasteiger partial charge in [0, 0.05) is 13.1 Å². The van der Waals surface area contributed by atoms with Crippen LogP contribution in [0.15, 0.2) is 17.0 Å². The SMILES string of the molecule is CC[C@@H](C)Oc1c(I)cc(/C=C2\SC(=O)N(CC(=O)N3CCCCC3)C2=O)cc1OC. The molecule has 0 saturated carbocycles. The Morgan fingerprint density at radius 3 is 2.61 bits per heavy atom. The second kappa shape index (κ2) is 10.7. The van der Waals surface area contributed by atoms with Crippen molar-refractivity contribution in [3.8, 4) is 11.5 Å². The van der Waals surface area contributed by atoms with Crippen LogP contribution < -0.4 is 9.47 Å². The molecule has 168 valence electrons. The molecule has 3 amide bonds. The van der Waals surface area contributed by atoms with Gasteiger partial charge in [-0.25, -0.2) is 0 Å². The summed E-state index contributed by atoms with van der Waals surface area (Å²) in [5, 5.41) is -0.417. The summed E-state index contributed by atoms with van der Waals surface area (Å²) < 4.78 is 12.3. The zero-order valence-electron chi connectivity index (χ0n) is 18.0. The number of piperidine rings is 1. The monoisotopic (exact) mass is 558 g/mol. The number of methoxy groups -OCH3 is 1. The highest BCUT2D eigenvalue weighted by Gasteiger charge is 2.37. The van der Waals surface area contributed by atoms with Gasteiger partial charge in [0.25, 0.3) is 11.1 Å². The van der Waals surface area contributed by atoms with Gasteiger partial charge in [-0.3, -0.25) is 19.3 Å². The molecule has 0 radical (unpaired) electrons. The van der Waals surface area contributed by atoms with Crippen molar-refractivity contribution >= 4 is 57.5 Å². The summed E-state index contributed by atoms with van der Waals surface area (Å²) in [7, 11) is 1.57. The number of hydrogen-bond donors (Lipinski definition) is 0. The zero-order chi connectivity index (χ0) is 22.5. The molecule has 1 aromatic rings. The van der Waals surface area contributed by atoms with E-state index in [0.717, 1.165) is 51.5 Å². The second-order valence-corrected chi connectivity index (χ2v) is 9.74. The van der Waals surface area contributed by atoms with Crippen LogP contribution in [0.2, 0.25) is 0 Å². The van der Waals surface area contributed by atoms with Crippen molar-refractivity contribution in [2.75, 3.05) is 26.7 Å². The van der Waals surface area contributed by atoms with Crippen LogP contribution in [-0.4, -0.2) is 59.7 Å². The Morgan fingerprint density at radius 1 is 1.26 bits per heavy atom. The third kappa shape index (κ3) is 5.74. The lowest BCUT2D eigenvalue weighted by molar-refractivity contribution is -0.136. The lowest BCUT2D eigenvalue weighted by Gasteiger charge is -2.27. The molecule has 7 nitrogen and oxygen atoms in total. The number of amides is 3. The smallest absolute Gasteiger partial charge is 0.294 e. The van der Waals surface area contributed by atoms with E-state index in [1.807, 2.05) is 19.9 Å². The quantitative estimate of drug-likeness (QED) is 0.362. The van der Waals surface area contributed by atoms with Gasteiger partial charge in [-0.1, -0.05) is 6.92 Å². The van der Waals surface area contributed by atoms with E-state index in [1.165, 1.54) is 0 Å². The van der Waals surface area contributed by atoms with Crippen LogP contribution in [0.25, 0.3) is 6.08 Å². The van der Waals surface area contributed by atoms with Crippen molar-refractivity contribution in [3.05, 3.63) is 26.2 Å². The number of ether oxygens (including phenoxy) is 2. The second-order valence-electron chi connectivity index (χ2n) is 7.58. The van der Waals surface area contributed by atoms with Crippen molar-refractivity contribution in [1.29, 1.82) is 0 Å². The lowest BCUT2D eigenvalue weighted by atomic mass is 10.1. The minimum atomic E-state index is -0.436. The maximum atomic E-state index is 12.8. The largest absolute Gasteiger partial charge is 0.493 e. The molecular formula is C22H27IN2O5S. The van der Waals surface area contributed by atoms with Crippen LogP contribution in [0.5, 0.6) is 11.5 Å². The molecule has 2 heterocycles. The topological polar surface area (TPSA) is 76.2 Å². The maximum Gasteiger partial charge on any atom is 0.294 e. The lowest BCUT2D eigenvalue weighted by Crippen LogP contribution is -2.44. The number of benzene rings is 1. The zero-order valence-corrected chi connectivity index (χ0v) is 21.0. The third-order valence-electron chi connectivity index (χ3n) is 5.32. The normalized spacial score (nSPS) is 19.2. The van der Waals surface area contributed by atoms with E-state index < -0.39 is 11.1 Å². The highest BCUT2D eigenvalue weighted by Crippen LogP contribution is 2.38. The van der Waals surface area contributed by atoms with Gasteiger partial charge >= 0.3 is 0 Å². The summed E-state index contributed by atoms with van der Waals surface area (Å²) >= 11 is 3.03. The Bertz CT molecular complexity index is 898. The van der Waals surface area contributed by atoms with Crippen molar-refractivity contribution in [2.45, 2.75) is 45.6 Å². The van der Waals surface area contributed by atoms with Crippen molar-refractivity contribution in [3.63, 3.8) is 0 Å². The predicted octanol–water partition coefficient (Wildman–Crippen LogP) is 4.53. The first-order chi connectivity index (χ1) is 14.8. The van der Waals surface area contributed by atoms with E-state index in [0.29, 0.717) is 29.5 Å². The molecule has 2 fully saturated rings. The first-order valence-corrected chi connectivity index (χ1v) is 12.3. The molecular weight excluding hydrogens is 531 g/mol. The number of carbonyl (C=O) groups is 3. The highest BCUT2D eigenvalue weighted by molar-refractivity contribution is 14.1. The number of imide groups is 1. The van der Waals surface area contributed by atoms with Crippen LogP contribution in [0, 0.1) is 3.57 Å². The minimum absolute atomic E-state index is 0.0437. The molecule has 9 heteroatoms. The van der Waals surface area contributed by atoms with Gasteiger partial charge in [0.05, 0.1) is 21.7 Å². The molecule has 0 aliphatic carbocycles. The standard InChI is InChI=1S/C22H27IN2O5S/c1-4-14(2)30-20-16(23)10-15(11-17(20)29-3)12-18-21(27)25(22(28)31-18)13-19(26)24-8-6-5-7-9-24/h10-12,14H,4-9,13H2,1-3H3/b18-12-/t14-/m1/s1. The Morgan fingerprint density at radius 2 is 1.97 bits per heavy atom. The number of rotatable bonds is 7. The fourth-order valence-electron chi connectivity index (χ4n) is 3.39. The number of thioether (sulfide) groups is 1. The fraction of sp³-hybridized carbons (Fsp3) is 0.500. The molecule has 0 aromatic heterocycles. The van der Waals surface area contributed by atoms with Gasteiger partial charge in [0.2, 0.25) is 5.91 Å². The van der Waals surface area contributed by atoms with Crippen LogP contribution >= 0.6 is 34.4 Å². The van der Waals surface area contributed by atoms with Gasteiger partial charge in [0.1, 0.15) is 6.54 Å². The van der Waals surface area contributed by atoms with Crippen LogP contribution in [0.1, 0.15) is 45.1 Å².